The summed E-state index contributed by atoms with van der Waals surface area (Å²) in [5.41, 5.74) is 5.86. The molecular formula is C24H24N6O2. The number of aromatic nitrogens is 3. The fourth-order valence-corrected chi connectivity index (χ4v) is 3.80. The summed E-state index contributed by atoms with van der Waals surface area (Å²) in [6.07, 6.45) is 5.10. The smallest absolute Gasteiger partial charge is 0.280 e. The molecule has 4 aromatic rings. The molecule has 5 rings (SSSR count). The van der Waals surface area contributed by atoms with Crippen LogP contribution in [-0.2, 0) is 4.74 Å². The van der Waals surface area contributed by atoms with Gasteiger partial charge in [0.1, 0.15) is 11.6 Å². The first kappa shape index (κ1) is 20.0. The molecule has 2 N–H and O–H groups in total. The molecule has 0 bridgehead atoms. The summed E-state index contributed by atoms with van der Waals surface area (Å²) in [4.78, 5) is 24.4. The molecule has 1 aliphatic heterocycles. The van der Waals surface area contributed by atoms with Gasteiger partial charge in [0.05, 0.1) is 18.6 Å². The van der Waals surface area contributed by atoms with Crippen molar-refractivity contribution in [3.8, 4) is 0 Å². The average molecular weight is 428 g/mol. The molecule has 32 heavy (non-hydrogen) atoms. The predicted molar refractivity (Wildman–Crippen MR) is 127 cm³/mol. The van der Waals surface area contributed by atoms with E-state index in [1.54, 1.807) is 18.6 Å². The highest BCUT2D eigenvalue weighted by Gasteiger charge is 2.13. The highest BCUT2D eigenvalue weighted by molar-refractivity contribution is 5.92. The van der Waals surface area contributed by atoms with Crippen LogP contribution in [0.3, 0.4) is 0 Å². The number of morpholine rings is 1. The van der Waals surface area contributed by atoms with Crippen LogP contribution in [0.5, 0.6) is 0 Å². The first-order chi connectivity index (χ1) is 15.7. The van der Waals surface area contributed by atoms with E-state index in [1.807, 2.05) is 43.3 Å². The molecule has 0 aliphatic carbocycles. The van der Waals surface area contributed by atoms with Gasteiger partial charge in [-0.05, 0) is 60.3 Å². The minimum Gasteiger partial charge on any atom is -0.378 e. The van der Waals surface area contributed by atoms with Crippen LogP contribution in [-0.4, -0.2) is 40.9 Å². The molecule has 4 heterocycles. The highest BCUT2D eigenvalue weighted by atomic mass is 16.5. The molecule has 1 saturated heterocycles. The molecule has 8 heteroatoms. The van der Waals surface area contributed by atoms with Crippen LogP contribution in [0.1, 0.15) is 5.56 Å². The summed E-state index contributed by atoms with van der Waals surface area (Å²) in [5, 5.41) is 4.63. The van der Waals surface area contributed by atoms with Gasteiger partial charge in [-0.25, -0.2) is 14.6 Å². The normalized spacial score (nSPS) is 13.8. The molecule has 0 saturated carbocycles. The Labute approximate surface area is 185 Å². The van der Waals surface area contributed by atoms with E-state index >= 15 is 0 Å². The molecule has 0 atom stereocenters. The third-order valence-corrected chi connectivity index (χ3v) is 5.56. The minimum atomic E-state index is -0.201. The van der Waals surface area contributed by atoms with Crippen molar-refractivity contribution in [1.82, 2.24) is 14.6 Å². The second-order valence-electron chi connectivity index (χ2n) is 7.67. The standard InChI is InChI=1S/C24H24N6O2/c1-17-3-2-10-25-22(17)28-30-12-9-18-8-11-26-23(21(18)24(30)31)27-19-4-6-20(7-5-19)29-13-15-32-16-14-29/h2-12H,13-16H2,1H3,(H,25,28)(H,26,27). The maximum Gasteiger partial charge on any atom is 0.280 e. The fourth-order valence-electron chi connectivity index (χ4n) is 3.80. The molecule has 3 aromatic heterocycles. The van der Waals surface area contributed by atoms with Crippen molar-refractivity contribution in [1.29, 1.82) is 0 Å². The Kier molecular flexibility index (Phi) is 5.43. The van der Waals surface area contributed by atoms with Crippen molar-refractivity contribution in [2.24, 2.45) is 0 Å². The maximum absolute atomic E-state index is 13.3. The Morgan fingerprint density at radius 1 is 0.938 bits per heavy atom. The number of anilines is 4. The van der Waals surface area contributed by atoms with Crippen LogP contribution in [0.2, 0.25) is 0 Å². The summed E-state index contributed by atoms with van der Waals surface area (Å²) in [7, 11) is 0. The van der Waals surface area contributed by atoms with Crippen LogP contribution >= 0.6 is 0 Å². The van der Waals surface area contributed by atoms with Crippen molar-refractivity contribution in [2.45, 2.75) is 6.92 Å². The zero-order chi connectivity index (χ0) is 21.9. The van der Waals surface area contributed by atoms with Gasteiger partial charge in [-0.2, -0.15) is 0 Å². The van der Waals surface area contributed by atoms with E-state index in [9.17, 15) is 4.79 Å². The monoisotopic (exact) mass is 428 g/mol. The number of aryl methyl sites for hydroxylation is 1. The summed E-state index contributed by atoms with van der Waals surface area (Å²) < 4.78 is 6.86. The summed E-state index contributed by atoms with van der Waals surface area (Å²) >= 11 is 0. The molecule has 1 fully saturated rings. The van der Waals surface area contributed by atoms with Crippen LogP contribution < -0.4 is 21.2 Å². The quantitative estimate of drug-likeness (QED) is 0.503. The molecule has 1 aliphatic rings. The molecule has 1 aromatic carbocycles. The van der Waals surface area contributed by atoms with E-state index in [1.165, 1.54) is 4.68 Å². The Morgan fingerprint density at radius 2 is 1.72 bits per heavy atom. The lowest BCUT2D eigenvalue weighted by molar-refractivity contribution is 0.122. The van der Waals surface area contributed by atoms with Crippen molar-refractivity contribution in [3.05, 3.63) is 83.0 Å². The van der Waals surface area contributed by atoms with E-state index in [2.05, 4.69) is 37.7 Å². The first-order valence-corrected chi connectivity index (χ1v) is 10.6. The van der Waals surface area contributed by atoms with Crippen LogP contribution in [0.25, 0.3) is 10.8 Å². The van der Waals surface area contributed by atoms with E-state index in [4.69, 9.17) is 4.74 Å². The van der Waals surface area contributed by atoms with Gasteiger partial charge in [-0.3, -0.25) is 10.2 Å². The van der Waals surface area contributed by atoms with Crippen molar-refractivity contribution in [3.63, 3.8) is 0 Å². The summed E-state index contributed by atoms with van der Waals surface area (Å²) in [5.74, 6) is 1.14. The lowest BCUT2D eigenvalue weighted by Gasteiger charge is -2.28. The number of hydrogen-bond acceptors (Lipinski definition) is 7. The van der Waals surface area contributed by atoms with Crippen LogP contribution in [0.4, 0.5) is 23.0 Å². The zero-order valence-electron chi connectivity index (χ0n) is 17.8. The number of fused-ring (bicyclic) bond motifs is 1. The Morgan fingerprint density at radius 3 is 2.50 bits per heavy atom. The van der Waals surface area contributed by atoms with Gasteiger partial charge in [0.25, 0.3) is 5.56 Å². The lowest BCUT2D eigenvalue weighted by atomic mass is 10.2. The molecule has 8 nitrogen and oxygen atoms in total. The predicted octanol–water partition coefficient (Wildman–Crippen LogP) is 3.56. The number of nitrogens with one attached hydrogen (secondary N) is 2. The van der Waals surface area contributed by atoms with Gasteiger partial charge >= 0.3 is 0 Å². The summed E-state index contributed by atoms with van der Waals surface area (Å²) in [6, 6.07) is 15.7. The molecular weight excluding hydrogens is 404 g/mol. The maximum atomic E-state index is 13.3. The number of rotatable bonds is 5. The third-order valence-electron chi connectivity index (χ3n) is 5.56. The van der Waals surface area contributed by atoms with Crippen LogP contribution in [0, 0.1) is 6.92 Å². The number of ether oxygens (including phenoxy) is 1. The van der Waals surface area contributed by atoms with Gasteiger partial charge in [0.15, 0.2) is 0 Å². The highest BCUT2D eigenvalue weighted by Crippen LogP contribution is 2.24. The third kappa shape index (κ3) is 4.00. The number of benzene rings is 1. The van der Waals surface area contributed by atoms with Gasteiger partial charge in [0, 0.05) is 43.1 Å². The first-order valence-electron chi connectivity index (χ1n) is 10.6. The average Bonchev–Trinajstić information content (AvgIpc) is 2.83. The largest absolute Gasteiger partial charge is 0.378 e. The van der Waals surface area contributed by atoms with Gasteiger partial charge < -0.3 is 15.0 Å². The number of nitrogens with zero attached hydrogens (tertiary/aromatic N) is 4. The number of pyridine rings is 3. The SMILES string of the molecule is Cc1cccnc1Nn1ccc2ccnc(Nc3ccc(N4CCOCC4)cc3)c2c1=O. The molecule has 0 radical (unpaired) electrons. The topological polar surface area (TPSA) is 84.3 Å². The summed E-state index contributed by atoms with van der Waals surface area (Å²) in [6.45, 7) is 5.22. The molecule has 0 unspecified atom stereocenters. The fraction of sp³-hybridized carbons (Fsp3) is 0.208. The van der Waals surface area contributed by atoms with Crippen molar-refractivity contribution >= 4 is 33.8 Å². The second-order valence-corrected chi connectivity index (χ2v) is 7.67. The lowest BCUT2D eigenvalue weighted by Crippen LogP contribution is -2.36. The van der Waals surface area contributed by atoms with E-state index in [-0.39, 0.29) is 5.56 Å². The van der Waals surface area contributed by atoms with Gasteiger partial charge in [0.2, 0.25) is 0 Å². The van der Waals surface area contributed by atoms with Gasteiger partial charge in [-0.15, -0.1) is 0 Å². The Balaban J connectivity index is 1.45. The van der Waals surface area contributed by atoms with Crippen molar-refractivity contribution < 1.29 is 4.74 Å². The van der Waals surface area contributed by atoms with E-state index in [0.717, 1.165) is 48.6 Å². The van der Waals surface area contributed by atoms with E-state index in [0.29, 0.717) is 17.0 Å². The number of hydrogen-bond donors (Lipinski definition) is 2. The Hall–Kier alpha value is -3.91. The van der Waals surface area contributed by atoms with Crippen molar-refractivity contribution in [2.75, 3.05) is 41.9 Å². The molecule has 0 amide bonds. The zero-order valence-corrected chi connectivity index (χ0v) is 17.8. The second kappa shape index (κ2) is 8.68. The Bertz CT molecular complexity index is 1300. The molecule has 162 valence electrons. The minimum absolute atomic E-state index is 0.201. The van der Waals surface area contributed by atoms with E-state index < -0.39 is 0 Å². The van der Waals surface area contributed by atoms with Crippen LogP contribution in [0.15, 0.2) is 71.9 Å². The molecule has 0 spiro atoms. The van der Waals surface area contributed by atoms with Gasteiger partial charge in [-0.1, -0.05) is 6.07 Å².